The number of aromatic nitrogens is 1. The molecule has 0 saturated carbocycles. The van der Waals surface area contributed by atoms with Gasteiger partial charge in [0, 0.05) is 17.1 Å². The summed E-state index contributed by atoms with van der Waals surface area (Å²) in [4.78, 5) is 19.1. The fourth-order valence-electron chi connectivity index (χ4n) is 4.16. The van der Waals surface area contributed by atoms with Crippen molar-refractivity contribution in [3.63, 3.8) is 0 Å². The fourth-order valence-corrected chi connectivity index (χ4v) is 4.16. The predicted octanol–water partition coefficient (Wildman–Crippen LogP) is 4.14. The van der Waals surface area contributed by atoms with E-state index >= 15 is 0 Å². The molecule has 0 aliphatic carbocycles. The number of pyridine rings is 1. The molecule has 1 aliphatic rings. The van der Waals surface area contributed by atoms with Crippen LogP contribution in [0.3, 0.4) is 0 Å². The van der Waals surface area contributed by atoms with Crippen molar-refractivity contribution in [2.75, 3.05) is 37.5 Å². The number of hydrogen-bond donors (Lipinski definition) is 1. The molecule has 1 saturated heterocycles. The van der Waals surface area contributed by atoms with E-state index < -0.39 is 0 Å². The number of ether oxygens (including phenoxy) is 2. The fraction of sp³-hybridized carbons (Fsp3) is 0.333. The van der Waals surface area contributed by atoms with E-state index in [0.29, 0.717) is 22.7 Å². The number of amides is 1. The van der Waals surface area contributed by atoms with Gasteiger partial charge in [0.1, 0.15) is 11.1 Å². The molecule has 2 aromatic carbocycles. The summed E-state index contributed by atoms with van der Waals surface area (Å²) in [7, 11) is 3.17. The van der Waals surface area contributed by atoms with Gasteiger partial charge < -0.3 is 14.8 Å². The molecule has 6 heteroatoms. The highest BCUT2D eigenvalue weighted by molar-refractivity contribution is 6.09. The van der Waals surface area contributed by atoms with Gasteiger partial charge in [-0.1, -0.05) is 6.07 Å². The number of nitrogens with one attached hydrogen (secondary N) is 2. The quantitative estimate of drug-likeness (QED) is 0.692. The minimum Gasteiger partial charge on any atom is -0.493 e. The average Bonchev–Trinajstić information content (AvgIpc) is 3.27. The van der Waals surface area contributed by atoms with Crippen molar-refractivity contribution in [1.82, 2.24) is 0 Å². The highest BCUT2D eigenvalue weighted by Crippen LogP contribution is 2.31. The predicted molar refractivity (Wildman–Crippen MR) is 119 cm³/mol. The van der Waals surface area contributed by atoms with E-state index in [1.54, 1.807) is 26.4 Å². The second-order valence-electron chi connectivity index (χ2n) is 7.79. The van der Waals surface area contributed by atoms with Crippen LogP contribution in [0.15, 0.2) is 36.4 Å². The van der Waals surface area contributed by atoms with Crippen molar-refractivity contribution in [2.45, 2.75) is 26.7 Å². The molecule has 3 aromatic rings. The van der Waals surface area contributed by atoms with Crippen LogP contribution < -0.4 is 24.7 Å². The molecule has 1 aliphatic heterocycles. The van der Waals surface area contributed by atoms with E-state index in [4.69, 9.17) is 9.47 Å². The van der Waals surface area contributed by atoms with Crippen molar-refractivity contribution in [3.8, 4) is 11.5 Å². The van der Waals surface area contributed by atoms with Gasteiger partial charge in [0.15, 0.2) is 11.5 Å². The summed E-state index contributed by atoms with van der Waals surface area (Å²) >= 11 is 0. The van der Waals surface area contributed by atoms with Crippen LogP contribution in [-0.4, -0.2) is 33.2 Å². The van der Waals surface area contributed by atoms with E-state index in [0.717, 1.165) is 48.2 Å². The van der Waals surface area contributed by atoms with Crippen LogP contribution in [0, 0.1) is 13.8 Å². The maximum Gasteiger partial charge on any atom is 0.287 e. The number of nitrogens with zero attached hydrogens (tertiary/aromatic N) is 1. The first-order valence-electron chi connectivity index (χ1n) is 10.3. The van der Waals surface area contributed by atoms with Crippen molar-refractivity contribution in [2.24, 2.45) is 0 Å². The molecule has 0 spiro atoms. The van der Waals surface area contributed by atoms with E-state index in [-0.39, 0.29) is 5.91 Å². The first-order chi connectivity index (χ1) is 14.5. The van der Waals surface area contributed by atoms with Gasteiger partial charge in [-0.05, 0) is 62.1 Å². The zero-order valence-corrected chi connectivity index (χ0v) is 18.0. The van der Waals surface area contributed by atoms with Gasteiger partial charge in [0.25, 0.3) is 11.7 Å². The molecule has 0 bridgehead atoms. The van der Waals surface area contributed by atoms with Crippen molar-refractivity contribution >= 4 is 28.3 Å². The number of hydrogen-bond acceptors (Lipinski definition) is 4. The number of carbonyl (C=O) groups excluding carboxylic acids is 1. The lowest BCUT2D eigenvalue weighted by Crippen LogP contribution is -2.30. The number of H-pyrrole nitrogens is 1. The van der Waals surface area contributed by atoms with Crippen molar-refractivity contribution in [1.29, 1.82) is 0 Å². The van der Waals surface area contributed by atoms with E-state index in [2.05, 4.69) is 41.2 Å². The van der Waals surface area contributed by atoms with Crippen LogP contribution in [0.25, 0.3) is 10.9 Å². The molecule has 6 nitrogen and oxygen atoms in total. The lowest BCUT2D eigenvalue weighted by molar-refractivity contribution is -0.330. The third-order valence-corrected chi connectivity index (χ3v) is 5.64. The number of methoxy groups -OCH3 is 2. The van der Waals surface area contributed by atoms with Crippen LogP contribution >= 0.6 is 0 Å². The maximum atomic E-state index is 13.3. The van der Waals surface area contributed by atoms with Gasteiger partial charge in [-0.2, -0.15) is 0 Å². The number of aryl methyl sites for hydroxylation is 2. The molecule has 0 atom stereocenters. The number of rotatable bonds is 5. The standard InChI is InChI=1S/C24H27N3O3/c1-15-11-16(2)18-14-19(23(26-20(18)12-15)27-9-5-6-10-27)24(28)25-17-7-8-21(29-3)22(13-17)30-4/h7-8,11-14H,5-6,9-10H2,1-4H3,(H,25,28)/p+1. The van der Waals surface area contributed by atoms with Crippen LogP contribution in [0.5, 0.6) is 11.5 Å². The summed E-state index contributed by atoms with van der Waals surface area (Å²) in [6.07, 6.45) is 2.27. The molecule has 0 unspecified atom stereocenters. The van der Waals surface area contributed by atoms with E-state index in [9.17, 15) is 4.79 Å². The molecule has 1 amide bonds. The number of benzene rings is 2. The van der Waals surface area contributed by atoms with Crippen molar-refractivity contribution in [3.05, 3.63) is 53.1 Å². The Balaban J connectivity index is 1.76. The van der Waals surface area contributed by atoms with Gasteiger partial charge in [0.2, 0.25) is 0 Å². The molecular formula is C24H28N3O3+. The highest BCUT2D eigenvalue weighted by atomic mass is 16.5. The van der Waals surface area contributed by atoms with E-state index in [1.807, 2.05) is 12.1 Å². The van der Waals surface area contributed by atoms with Crippen LogP contribution in [0.2, 0.25) is 0 Å². The SMILES string of the molecule is COc1ccc(NC(=O)c2cc3c(C)cc(C)cc3[nH+]c2N2CCCC2)cc1OC. The van der Waals surface area contributed by atoms with Gasteiger partial charge >= 0.3 is 0 Å². The minimum atomic E-state index is -0.151. The number of carbonyl (C=O) groups is 1. The zero-order chi connectivity index (χ0) is 21.3. The molecule has 30 heavy (non-hydrogen) atoms. The summed E-state index contributed by atoms with van der Waals surface area (Å²) in [5, 5.41) is 4.08. The first kappa shape index (κ1) is 20.0. The Kier molecular flexibility index (Phi) is 5.48. The second-order valence-corrected chi connectivity index (χ2v) is 7.79. The number of fused-ring (bicyclic) bond motifs is 1. The molecular weight excluding hydrogens is 378 g/mol. The first-order valence-corrected chi connectivity index (χ1v) is 10.3. The molecule has 2 heterocycles. The molecule has 1 aromatic heterocycles. The minimum absolute atomic E-state index is 0.151. The summed E-state index contributed by atoms with van der Waals surface area (Å²) in [5.41, 5.74) is 4.70. The molecule has 4 rings (SSSR count). The lowest BCUT2D eigenvalue weighted by Gasteiger charge is -2.15. The summed E-state index contributed by atoms with van der Waals surface area (Å²) in [6.45, 7) is 6.06. The molecule has 156 valence electrons. The summed E-state index contributed by atoms with van der Waals surface area (Å²) < 4.78 is 10.7. The van der Waals surface area contributed by atoms with Crippen LogP contribution in [0.4, 0.5) is 11.5 Å². The number of anilines is 2. The Morgan fingerprint density at radius 3 is 2.43 bits per heavy atom. The Hall–Kier alpha value is -3.28. The smallest absolute Gasteiger partial charge is 0.287 e. The Bertz CT molecular complexity index is 1100. The Labute approximate surface area is 176 Å². The monoisotopic (exact) mass is 406 g/mol. The number of aromatic amines is 1. The lowest BCUT2D eigenvalue weighted by atomic mass is 10.0. The summed E-state index contributed by atoms with van der Waals surface area (Å²) in [5.74, 6) is 1.93. The molecule has 1 fully saturated rings. The topological polar surface area (TPSA) is 64.9 Å². The average molecular weight is 407 g/mol. The molecule has 0 radical (unpaired) electrons. The zero-order valence-electron chi connectivity index (χ0n) is 18.0. The largest absolute Gasteiger partial charge is 0.493 e. The van der Waals surface area contributed by atoms with Crippen molar-refractivity contribution < 1.29 is 19.3 Å². The maximum absolute atomic E-state index is 13.3. The van der Waals surface area contributed by atoms with Crippen LogP contribution in [0.1, 0.15) is 34.3 Å². The Morgan fingerprint density at radius 2 is 1.73 bits per heavy atom. The summed E-state index contributed by atoms with van der Waals surface area (Å²) in [6, 6.07) is 11.7. The molecule has 2 N–H and O–H groups in total. The van der Waals surface area contributed by atoms with Gasteiger partial charge in [-0.15, -0.1) is 0 Å². The van der Waals surface area contributed by atoms with Gasteiger partial charge in [-0.3, -0.25) is 9.69 Å². The van der Waals surface area contributed by atoms with E-state index in [1.165, 1.54) is 5.56 Å². The highest BCUT2D eigenvalue weighted by Gasteiger charge is 2.28. The van der Waals surface area contributed by atoms with Gasteiger partial charge in [0.05, 0.1) is 27.3 Å². The van der Waals surface area contributed by atoms with Gasteiger partial charge in [-0.25, -0.2) is 4.98 Å². The third-order valence-electron chi connectivity index (χ3n) is 5.64. The Morgan fingerprint density at radius 1 is 1.00 bits per heavy atom. The second kappa shape index (κ2) is 8.22. The normalized spacial score (nSPS) is 13.5. The van der Waals surface area contributed by atoms with Crippen LogP contribution in [-0.2, 0) is 0 Å². The third kappa shape index (κ3) is 3.77.